The summed E-state index contributed by atoms with van der Waals surface area (Å²) in [6.45, 7) is 2.54. The number of halogens is 1. The molecule has 1 unspecified atom stereocenters. The van der Waals surface area contributed by atoms with Crippen LogP contribution in [0.2, 0.25) is 0 Å². The zero-order valence-corrected chi connectivity index (χ0v) is 11.3. The van der Waals surface area contributed by atoms with E-state index in [0.29, 0.717) is 6.54 Å². The van der Waals surface area contributed by atoms with Crippen molar-refractivity contribution in [2.75, 3.05) is 12.3 Å². The van der Waals surface area contributed by atoms with Crippen molar-refractivity contribution in [1.29, 1.82) is 5.26 Å². The minimum absolute atomic E-state index is 0.0753. The van der Waals surface area contributed by atoms with Gasteiger partial charge >= 0.3 is 0 Å². The van der Waals surface area contributed by atoms with E-state index in [4.69, 9.17) is 5.26 Å². The highest BCUT2D eigenvalue weighted by Crippen LogP contribution is 2.11. The number of hydrogen-bond donors (Lipinski definition) is 0. The Balaban J connectivity index is 2.86. The van der Waals surface area contributed by atoms with Crippen LogP contribution >= 0.6 is 0 Å². The van der Waals surface area contributed by atoms with Crippen LogP contribution in [-0.2, 0) is 15.5 Å². The maximum absolute atomic E-state index is 12.8. The van der Waals surface area contributed by atoms with E-state index in [9.17, 15) is 8.60 Å². The molecule has 98 valence electrons. The third kappa shape index (κ3) is 4.84. The summed E-state index contributed by atoms with van der Waals surface area (Å²) in [6.07, 6.45) is 1.84. The van der Waals surface area contributed by atoms with Crippen molar-refractivity contribution in [3.05, 3.63) is 35.6 Å². The molecular formula is C13H17FN2OS. The molecule has 1 atom stereocenters. The molecule has 0 saturated heterocycles. The first-order valence-electron chi connectivity index (χ1n) is 5.89. The quantitative estimate of drug-likeness (QED) is 0.744. The zero-order valence-electron chi connectivity index (χ0n) is 10.4. The van der Waals surface area contributed by atoms with Gasteiger partial charge in [0.1, 0.15) is 11.6 Å². The van der Waals surface area contributed by atoms with E-state index in [1.54, 1.807) is 12.1 Å². The molecule has 0 aromatic heterocycles. The summed E-state index contributed by atoms with van der Waals surface area (Å²) in [5.41, 5.74) is 0.747. The standard InChI is InChI=1S/C13H17FN2OS/c1-2-3-9-16-18(17,10-8-15)11-12-4-6-13(14)7-5-12/h4-7H,2-3,9-11H2,1H3. The summed E-state index contributed by atoms with van der Waals surface area (Å²) in [5, 5.41) is 8.73. The fraction of sp³-hybridized carbons (Fsp3) is 0.462. The van der Waals surface area contributed by atoms with Crippen LogP contribution in [-0.4, -0.2) is 16.5 Å². The summed E-state index contributed by atoms with van der Waals surface area (Å²) in [4.78, 5) is 0. The Morgan fingerprint density at radius 2 is 2.06 bits per heavy atom. The van der Waals surface area contributed by atoms with Gasteiger partial charge < -0.3 is 0 Å². The van der Waals surface area contributed by atoms with E-state index < -0.39 is 9.73 Å². The summed E-state index contributed by atoms with van der Waals surface area (Å²) >= 11 is 0. The molecule has 0 radical (unpaired) electrons. The van der Waals surface area contributed by atoms with Gasteiger partial charge in [0.05, 0.1) is 21.6 Å². The SMILES string of the molecule is CCCCN=S(=O)(CC#N)Cc1ccc(F)cc1. The average Bonchev–Trinajstić information content (AvgIpc) is 2.33. The van der Waals surface area contributed by atoms with Gasteiger partial charge in [0.25, 0.3) is 0 Å². The maximum Gasteiger partial charge on any atom is 0.123 e. The molecular weight excluding hydrogens is 251 g/mol. The van der Waals surface area contributed by atoms with Gasteiger partial charge in [-0.2, -0.15) is 5.26 Å². The Labute approximate surface area is 108 Å². The lowest BCUT2D eigenvalue weighted by molar-refractivity contribution is 0.627. The molecule has 0 aliphatic rings. The molecule has 0 spiro atoms. The Hall–Kier alpha value is -1.41. The van der Waals surface area contributed by atoms with Crippen LogP contribution in [0.1, 0.15) is 25.3 Å². The van der Waals surface area contributed by atoms with Crippen LogP contribution in [0, 0.1) is 17.1 Å². The number of hydrogen-bond acceptors (Lipinski definition) is 3. The Bertz CT molecular complexity index is 525. The molecule has 0 aliphatic heterocycles. The van der Waals surface area contributed by atoms with Crippen molar-refractivity contribution in [1.82, 2.24) is 0 Å². The Morgan fingerprint density at radius 1 is 1.39 bits per heavy atom. The molecule has 1 aromatic rings. The lowest BCUT2D eigenvalue weighted by atomic mass is 10.2. The summed E-state index contributed by atoms with van der Waals surface area (Å²) < 4.78 is 29.4. The molecule has 1 rings (SSSR count). The smallest absolute Gasteiger partial charge is 0.123 e. The first-order valence-corrected chi connectivity index (χ1v) is 7.74. The summed E-state index contributed by atoms with van der Waals surface area (Å²) in [6, 6.07) is 7.75. The van der Waals surface area contributed by atoms with E-state index in [0.717, 1.165) is 18.4 Å². The topological polar surface area (TPSA) is 53.2 Å². The van der Waals surface area contributed by atoms with Crippen molar-refractivity contribution in [3.63, 3.8) is 0 Å². The van der Waals surface area contributed by atoms with Gasteiger partial charge in [0, 0.05) is 6.54 Å². The highest BCUT2D eigenvalue weighted by atomic mass is 32.2. The number of benzene rings is 1. The van der Waals surface area contributed by atoms with Crippen LogP contribution in [0.3, 0.4) is 0 Å². The highest BCUT2D eigenvalue weighted by Gasteiger charge is 2.10. The second-order valence-electron chi connectivity index (χ2n) is 4.05. The van der Waals surface area contributed by atoms with Crippen LogP contribution in [0.4, 0.5) is 4.39 Å². The number of rotatable bonds is 6. The first-order chi connectivity index (χ1) is 8.59. The molecule has 0 aliphatic carbocycles. The van der Waals surface area contributed by atoms with Crippen molar-refractivity contribution >= 4 is 9.73 Å². The van der Waals surface area contributed by atoms with Gasteiger partial charge in [0.2, 0.25) is 0 Å². The van der Waals surface area contributed by atoms with Gasteiger partial charge in [-0.1, -0.05) is 25.5 Å². The predicted octanol–water partition coefficient (Wildman–Crippen LogP) is 3.12. The average molecular weight is 268 g/mol. The van der Waals surface area contributed by atoms with Crippen molar-refractivity contribution < 1.29 is 8.60 Å². The molecule has 0 amide bonds. The van der Waals surface area contributed by atoms with Crippen molar-refractivity contribution in [2.24, 2.45) is 4.36 Å². The maximum atomic E-state index is 12.8. The largest absolute Gasteiger partial charge is 0.248 e. The van der Waals surface area contributed by atoms with Gasteiger partial charge in [0.15, 0.2) is 0 Å². The van der Waals surface area contributed by atoms with Crippen molar-refractivity contribution in [2.45, 2.75) is 25.5 Å². The van der Waals surface area contributed by atoms with Crippen LogP contribution in [0.25, 0.3) is 0 Å². The minimum atomic E-state index is -2.54. The number of nitrogens with zero attached hydrogens (tertiary/aromatic N) is 2. The Morgan fingerprint density at radius 3 is 2.61 bits per heavy atom. The molecule has 18 heavy (non-hydrogen) atoms. The summed E-state index contributed by atoms with van der Waals surface area (Å²) in [5.74, 6) is -0.188. The highest BCUT2D eigenvalue weighted by molar-refractivity contribution is 7.93. The van der Waals surface area contributed by atoms with Gasteiger partial charge in [-0.05, 0) is 24.1 Å². The van der Waals surface area contributed by atoms with Crippen LogP contribution in [0.5, 0.6) is 0 Å². The van der Waals surface area contributed by atoms with E-state index in [-0.39, 0.29) is 17.3 Å². The van der Waals surface area contributed by atoms with Crippen LogP contribution in [0.15, 0.2) is 28.6 Å². The van der Waals surface area contributed by atoms with E-state index in [1.807, 2.05) is 13.0 Å². The fourth-order valence-corrected chi connectivity index (χ4v) is 3.13. The molecule has 0 N–H and O–H groups in total. The Kier molecular flexibility index (Phi) is 5.79. The van der Waals surface area contributed by atoms with E-state index >= 15 is 0 Å². The molecule has 5 heteroatoms. The number of nitriles is 1. The van der Waals surface area contributed by atoms with E-state index in [2.05, 4.69) is 4.36 Å². The molecule has 0 fully saturated rings. The monoisotopic (exact) mass is 268 g/mol. The van der Waals surface area contributed by atoms with E-state index in [1.165, 1.54) is 12.1 Å². The first kappa shape index (κ1) is 14.7. The fourth-order valence-electron chi connectivity index (χ4n) is 1.47. The second-order valence-corrected chi connectivity index (χ2v) is 6.43. The number of unbranched alkanes of at least 4 members (excludes halogenated alkanes) is 1. The molecule has 3 nitrogen and oxygen atoms in total. The molecule has 0 heterocycles. The van der Waals surface area contributed by atoms with Crippen molar-refractivity contribution in [3.8, 4) is 6.07 Å². The van der Waals surface area contributed by atoms with Crippen LogP contribution < -0.4 is 0 Å². The summed E-state index contributed by atoms with van der Waals surface area (Å²) in [7, 11) is -2.54. The molecule has 0 bridgehead atoms. The zero-order chi connectivity index (χ0) is 13.4. The second kappa shape index (κ2) is 7.12. The normalized spacial score (nSPS) is 13.6. The van der Waals surface area contributed by atoms with Gasteiger partial charge in [-0.15, -0.1) is 0 Å². The third-order valence-electron chi connectivity index (χ3n) is 2.43. The molecule has 0 saturated carbocycles. The third-order valence-corrected chi connectivity index (χ3v) is 4.45. The molecule has 1 aromatic carbocycles. The minimum Gasteiger partial charge on any atom is -0.248 e. The lowest BCUT2D eigenvalue weighted by Gasteiger charge is -2.07. The van der Waals surface area contributed by atoms with Gasteiger partial charge in [-0.25, -0.2) is 13.0 Å². The predicted molar refractivity (Wildman–Crippen MR) is 70.9 cm³/mol. The van der Waals surface area contributed by atoms with Gasteiger partial charge in [-0.3, -0.25) is 0 Å². The lowest BCUT2D eigenvalue weighted by Crippen LogP contribution is -2.09.